The Balaban J connectivity index is 2.28. The van der Waals surface area contributed by atoms with Crippen molar-refractivity contribution in [2.75, 3.05) is 0 Å². The molecule has 0 radical (unpaired) electrons. The Morgan fingerprint density at radius 3 is 1.81 bits per heavy atom. The van der Waals surface area contributed by atoms with Gasteiger partial charge in [0.05, 0.1) is 0 Å². The van der Waals surface area contributed by atoms with Crippen LogP contribution in [0.4, 0.5) is 0 Å². The van der Waals surface area contributed by atoms with Crippen molar-refractivity contribution < 1.29 is 0 Å². The first-order valence-electron chi connectivity index (χ1n) is 8.69. The van der Waals surface area contributed by atoms with Crippen molar-refractivity contribution in [3.8, 4) is 23.7 Å². The molecule has 0 spiro atoms. The summed E-state index contributed by atoms with van der Waals surface area (Å²) in [6.45, 7) is 16.2. The Morgan fingerprint density at radius 2 is 1.43 bits per heavy atom. The van der Waals surface area contributed by atoms with E-state index in [2.05, 4.69) is 72.1 Å². The van der Waals surface area contributed by atoms with Crippen molar-refractivity contribution >= 4 is 0 Å². The van der Waals surface area contributed by atoms with Crippen LogP contribution in [-0.4, -0.2) is 0 Å². The van der Waals surface area contributed by atoms with Crippen LogP contribution in [0.15, 0.2) is 0 Å². The van der Waals surface area contributed by atoms with Crippen molar-refractivity contribution in [2.45, 2.75) is 74.1 Å². The molecular formula is C21H32. The molecule has 2 aliphatic carbocycles. The van der Waals surface area contributed by atoms with Gasteiger partial charge in [0.2, 0.25) is 0 Å². The lowest BCUT2D eigenvalue weighted by Gasteiger charge is -2.46. The van der Waals surface area contributed by atoms with Crippen molar-refractivity contribution in [3.05, 3.63) is 0 Å². The van der Waals surface area contributed by atoms with Gasteiger partial charge in [-0.1, -0.05) is 51.4 Å². The largest absolute Gasteiger partial charge is 0.0990 e. The van der Waals surface area contributed by atoms with Gasteiger partial charge in [-0.2, -0.15) is 0 Å². The normalized spacial score (nSPS) is 42.2. The van der Waals surface area contributed by atoms with Crippen LogP contribution in [0.1, 0.15) is 74.1 Å². The Kier molecular flexibility index (Phi) is 4.23. The third kappa shape index (κ3) is 2.88. The molecule has 0 aromatic heterocycles. The molecule has 0 aromatic carbocycles. The quantitative estimate of drug-likeness (QED) is 0.598. The van der Waals surface area contributed by atoms with E-state index in [0.717, 1.165) is 0 Å². The second kappa shape index (κ2) is 5.39. The first kappa shape index (κ1) is 16.5. The Hall–Kier alpha value is -0.880. The van der Waals surface area contributed by atoms with Gasteiger partial charge in [-0.15, -0.1) is 0 Å². The van der Waals surface area contributed by atoms with Crippen LogP contribution in [-0.2, 0) is 0 Å². The maximum Gasteiger partial charge on any atom is 0.0449 e. The number of hydrogen-bond acceptors (Lipinski definition) is 0. The number of rotatable bonds is 3. The fourth-order valence-electron chi connectivity index (χ4n) is 3.51. The summed E-state index contributed by atoms with van der Waals surface area (Å²) < 4.78 is 0. The highest BCUT2D eigenvalue weighted by molar-refractivity contribution is 5.32. The van der Waals surface area contributed by atoms with E-state index in [1.807, 2.05) is 0 Å². The predicted molar refractivity (Wildman–Crippen MR) is 91.5 cm³/mol. The highest BCUT2D eigenvalue weighted by Gasteiger charge is 2.47. The lowest BCUT2D eigenvalue weighted by Crippen LogP contribution is -2.41. The smallest absolute Gasteiger partial charge is 0.0449 e. The van der Waals surface area contributed by atoms with Gasteiger partial charge < -0.3 is 0 Å². The lowest BCUT2D eigenvalue weighted by molar-refractivity contribution is 0.121. The average Bonchev–Trinajstić information content (AvgIpc) is 2.42. The van der Waals surface area contributed by atoms with E-state index < -0.39 is 0 Å². The first-order valence-corrected chi connectivity index (χ1v) is 8.69. The van der Waals surface area contributed by atoms with Gasteiger partial charge in [-0.25, -0.2) is 0 Å². The van der Waals surface area contributed by atoms with Crippen molar-refractivity contribution in [1.82, 2.24) is 0 Å². The van der Waals surface area contributed by atoms with Crippen molar-refractivity contribution in [1.29, 1.82) is 0 Å². The highest BCUT2D eigenvalue weighted by Crippen LogP contribution is 2.52. The van der Waals surface area contributed by atoms with Crippen LogP contribution in [0.5, 0.6) is 0 Å². The summed E-state index contributed by atoms with van der Waals surface area (Å²) in [6.07, 6.45) is 4.83. The van der Waals surface area contributed by atoms with E-state index in [-0.39, 0.29) is 16.2 Å². The molecule has 116 valence electrons. The maximum absolute atomic E-state index is 3.67. The minimum Gasteiger partial charge on any atom is -0.0990 e. The summed E-state index contributed by atoms with van der Waals surface area (Å²) in [5.74, 6) is 16.4. The summed E-state index contributed by atoms with van der Waals surface area (Å²) in [6, 6.07) is 0. The minimum absolute atomic E-state index is 0.0658. The Morgan fingerprint density at radius 1 is 0.810 bits per heavy atom. The molecule has 2 aliphatic rings. The first-order chi connectivity index (χ1) is 9.62. The summed E-state index contributed by atoms with van der Waals surface area (Å²) in [4.78, 5) is 0. The molecule has 0 aromatic rings. The summed E-state index contributed by atoms with van der Waals surface area (Å²) >= 11 is 0. The molecule has 4 unspecified atom stereocenters. The van der Waals surface area contributed by atoms with E-state index >= 15 is 0 Å². The molecule has 0 fully saturated rings. The Bertz CT molecular complexity index is 518. The second-order valence-electron chi connectivity index (χ2n) is 8.64. The van der Waals surface area contributed by atoms with E-state index in [4.69, 9.17) is 0 Å². The topological polar surface area (TPSA) is 0 Å². The molecule has 0 nitrogen and oxygen atoms in total. The molecular weight excluding hydrogens is 252 g/mol. The van der Waals surface area contributed by atoms with Crippen molar-refractivity contribution in [2.24, 2.45) is 34.0 Å². The second-order valence-corrected chi connectivity index (χ2v) is 8.64. The highest BCUT2D eigenvalue weighted by atomic mass is 14.5. The van der Waals surface area contributed by atoms with E-state index in [1.54, 1.807) is 0 Å². The van der Waals surface area contributed by atoms with E-state index in [1.165, 1.54) is 25.7 Å². The van der Waals surface area contributed by atoms with Gasteiger partial charge in [-0.05, 0) is 58.3 Å². The van der Waals surface area contributed by atoms with Crippen LogP contribution >= 0.6 is 0 Å². The van der Waals surface area contributed by atoms with Gasteiger partial charge in [0.25, 0.3) is 0 Å². The zero-order valence-electron chi connectivity index (χ0n) is 15.1. The molecule has 0 amide bonds. The zero-order valence-corrected chi connectivity index (χ0v) is 15.1. The third-order valence-corrected chi connectivity index (χ3v) is 6.55. The molecule has 0 aliphatic heterocycles. The summed E-state index contributed by atoms with van der Waals surface area (Å²) in [5.41, 5.74) is 0.332. The standard InChI is InChI=1S/C21H32/c1-16(2)18-8-10-20(6,11-9-18)21(7)14-12-19(5,13-15-21)17(3)4/h16-18H,8,10,12,14H2,1-7H3. The van der Waals surface area contributed by atoms with E-state index in [9.17, 15) is 0 Å². The molecule has 21 heavy (non-hydrogen) atoms. The van der Waals surface area contributed by atoms with Gasteiger partial charge in [0, 0.05) is 22.2 Å². The lowest BCUT2D eigenvalue weighted by atomic mass is 9.55. The summed E-state index contributed by atoms with van der Waals surface area (Å²) in [5, 5.41) is 0. The SMILES string of the molecule is CC(C)C1C#CC(C)(C2(C)C#CC(C)(C(C)C)CC2)CC1. The van der Waals surface area contributed by atoms with Crippen LogP contribution < -0.4 is 0 Å². The molecule has 0 heterocycles. The van der Waals surface area contributed by atoms with Gasteiger partial charge >= 0.3 is 0 Å². The minimum atomic E-state index is 0.0658. The molecule has 0 saturated carbocycles. The van der Waals surface area contributed by atoms with Crippen LogP contribution in [0.2, 0.25) is 0 Å². The Labute approximate surface area is 132 Å². The average molecular weight is 284 g/mol. The maximum atomic E-state index is 3.67. The molecule has 4 atom stereocenters. The summed E-state index contributed by atoms with van der Waals surface area (Å²) in [7, 11) is 0. The molecule has 0 N–H and O–H groups in total. The molecule has 0 bridgehead atoms. The van der Waals surface area contributed by atoms with Crippen LogP contribution in [0.25, 0.3) is 0 Å². The van der Waals surface area contributed by atoms with E-state index in [0.29, 0.717) is 17.8 Å². The van der Waals surface area contributed by atoms with Gasteiger partial charge in [0.1, 0.15) is 0 Å². The molecule has 0 saturated heterocycles. The van der Waals surface area contributed by atoms with Gasteiger partial charge in [-0.3, -0.25) is 0 Å². The number of hydrogen-bond donors (Lipinski definition) is 0. The van der Waals surface area contributed by atoms with Gasteiger partial charge in [0.15, 0.2) is 0 Å². The third-order valence-electron chi connectivity index (χ3n) is 6.55. The molecule has 0 heteroatoms. The van der Waals surface area contributed by atoms with Crippen molar-refractivity contribution in [3.63, 3.8) is 0 Å². The predicted octanol–water partition coefficient (Wildman–Crippen LogP) is 5.53. The zero-order chi connectivity index (χ0) is 15.9. The fourth-order valence-corrected chi connectivity index (χ4v) is 3.51. The molecule has 2 rings (SSSR count). The van der Waals surface area contributed by atoms with Crippen LogP contribution in [0, 0.1) is 57.7 Å². The van der Waals surface area contributed by atoms with Crippen LogP contribution in [0.3, 0.4) is 0 Å². The monoisotopic (exact) mass is 284 g/mol. The fraction of sp³-hybridized carbons (Fsp3) is 0.810.